The number of carbonyl (C=O) groups is 1. The topological polar surface area (TPSA) is 41.8 Å². The highest BCUT2D eigenvalue weighted by Crippen LogP contribution is 2.38. The number of nitrogens with zero attached hydrogens (tertiary/aromatic N) is 2. The van der Waals surface area contributed by atoms with Crippen LogP contribution in [-0.4, -0.2) is 19.4 Å². The van der Waals surface area contributed by atoms with Gasteiger partial charge in [0.05, 0.1) is 5.32 Å². The molecule has 0 amide bonds. The van der Waals surface area contributed by atoms with Crippen molar-refractivity contribution in [2.24, 2.45) is 10.2 Å². The Kier molecular flexibility index (Phi) is 3.30. The Balaban J connectivity index is 2.55. The van der Waals surface area contributed by atoms with Gasteiger partial charge in [0.25, 0.3) is 0 Å². The van der Waals surface area contributed by atoms with Crippen LogP contribution in [-0.2, 0) is 0 Å². The lowest BCUT2D eigenvalue weighted by Gasteiger charge is -2.21. The molecule has 0 spiro atoms. The number of hydrogen-bond donors (Lipinski definition) is 0. The first-order valence-corrected chi connectivity index (χ1v) is 10.0. The first-order chi connectivity index (χ1) is 8.73. The van der Waals surface area contributed by atoms with E-state index >= 15 is 0 Å². The molecule has 0 radical (unpaired) electrons. The Morgan fingerprint density at radius 2 is 1.68 bits per heavy atom. The predicted octanol–water partition coefficient (Wildman–Crippen LogP) is 4.25. The van der Waals surface area contributed by atoms with Crippen molar-refractivity contribution in [1.29, 1.82) is 0 Å². The molecule has 0 aliphatic carbocycles. The fourth-order valence-electron chi connectivity index (χ4n) is 2.21. The van der Waals surface area contributed by atoms with E-state index in [0.717, 1.165) is 10.9 Å². The number of benzene rings is 1. The Labute approximate surface area is 115 Å². The van der Waals surface area contributed by atoms with Crippen molar-refractivity contribution in [2.75, 3.05) is 0 Å². The SMILES string of the molecule is CC1(C)N=NC([Si](C)(C)C)=C1C(=O)c1ccccc1. The minimum atomic E-state index is -1.67. The smallest absolute Gasteiger partial charge is 0.192 e. The Hall–Kier alpha value is -1.55. The molecule has 0 fully saturated rings. The van der Waals surface area contributed by atoms with Crippen LogP contribution in [0.5, 0.6) is 0 Å². The van der Waals surface area contributed by atoms with Crippen LogP contribution in [0.3, 0.4) is 0 Å². The highest BCUT2D eigenvalue weighted by Gasteiger charge is 2.40. The summed E-state index contributed by atoms with van der Waals surface area (Å²) in [7, 11) is -1.67. The molecule has 4 heteroatoms. The summed E-state index contributed by atoms with van der Waals surface area (Å²) in [5, 5.41) is 9.58. The highest BCUT2D eigenvalue weighted by molar-refractivity contribution is 6.83. The van der Waals surface area contributed by atoms with Crippen molar-refractivity contribution < 1.29 is 4.79 Å². The number of carbonyl (C=O) groups excluding carboxylic acids is 1. The molecule has 0 unspecified atom stereocenters. The second kappa shape index (κ2) is 4.53. The zero-order valence-corrected chi connectivity index (χ0v) is 13.2. The van der Waals surface area contributed by atoms with Gasteiger partial charge in [-0.05, 0) is 13.8 Å². The van der Waals surface area contributed by atoms with Crippen LogP contribution in [0.4, 0.5) is 0 Å². The molecule has 19 heavy (non-hydrogen) atoms. The average Bonchev–Trinajstić information content (AvgIpc) is 2.65. The Bertz CT molecular complexity index is 566. The van der Waals surface area contributed by atoms with Crippen molar-refractivity contribution in [3.63, 3.8) is 0 Å². The van der Waals surface area contributed by atoms with Gasteiger partial charge in [-0.2, -0.15) is 10.2 Å². The Morgan fingerprint density at radius 3 is 2.21 bits per heavy atom. The summed E-state index contributed by atoms with van der Waals surface area (Å²) in [6.07, 6.45) is 0. The van der Waals surface area contributed by atoms with Crippen LogP contribution in [0.15, 0.2) is 51.5 Å². The number of Topliss-reactive ketones (excluding diaryl/α,β-unsaturated/α-hetero) is 1. The summed E-state index contributed by atoms with van der Waals surface area (Å²) in [6, 6.07) is 9.40. The van der Waals surface area contributed by atoms with Crippen LogP contribution >= 0.6 is 0 Å². The first-order valence-electron chi connectivity index (χ1n) is 6.51. The molecule has 2 rings (SSSR count). The normalized spacial score (nSPS) is 17.9. The third-order valence-corrected chi connectivity index (χ3v) is 4.99. The van der Waals surface area contributed by atoms with E-state index in [9.17, 15) is 4.79 Å². The summed E-state index contributed by atoms with van der Waals surface area (Å²) >= 11 is 0. The maximum atomic E-state index is 12.8. The summed E-state index contributed by atoms with van der Waals surface area (Å²) < 4.78 is 0. The molecule has 100 valence electrons. The van der Waals surface area contributed by atoms with Gasteiger partial charge in [-0.25, -0.2) is 0 Å². The largest absolute Gasteiger partial charge is 0.289 e. The first kappa shape index (κ1) is 13.9. The van der Waals surface area contributed by atoms with Gasteiger partial charge in [-0.15, -0.1) is 0 Å². The molecule has 0 aromatic heterocycles. The fraction of sp³-hybridized carbons (Fsp3) is 0.400. The van der Waals surface area contributed by atoms with Crippen LogP contribution in [0.25, 0.3) is 0 Å². The lowest BCUT2D eigenvalue weighted by atomic mass is 9.90. The van der Waals surface area contributed by atoms with Crippen molar-refractivity contribution in [1.82, 2.24) is 0 Å². The number of rotatable bonds is 3. The van der Waals surface area contributed by atoms with Crippen LogP contribution in [0, 0.1) is 0 Å². The highest BCUT2D eigenvalue weighted by atomic mass is 28.3. The molecule has 0 bridgehead atoms. The second-order valence-corrected chi connectivity index (χ2v) is 11.4. The van der Waals surface area contributed by atoms with Crippen molar-refractivity contribution in [2.45, 2.75) is 39.0 Å². The van der Waals surface area contributed by atoms with E-state index in [1.807, 2.05) is 44.2 Å². The molecule has 3 nitrogen and oxygen atoms in total. The molecule has 0 saturated heterocycles. The maximum absolute atomic E-state index is 12.8. The van der Waals surface area contributed by atoms with E-state index in [-0.39, 0.29) is 5.78 Å². The van der Waals surface area contributed by atoms with E-state index in [2.05, 4.69) is 29.9 Å². The minimum Gasteiger partial charge on any atom is -0.289 e. The average molecular weight is 272 g/mol. The molecular weight excluding hydrogens is 252 g/mol. The molecular formula is C15H20N2OSi. The van der Waals surface area contributed by atoms with E-state index in [1.54, 1.807) is 0 Å². The van der Waals surface area contributed by atoms with Crippen LogP contribution in [0.1, 0.15) is 24.2 Å². The van der Waals surface area contributed by atoms with Gasteiger partial charge in [-0.3, -0.25) is 4.79 Å². The quantitative estimate of drug-likeness (QED) is 0.599. The van der Waals surface area contributed by atoms with Crippen molar-refractivity contribution >= 4 is 13.9 Å². The lowest BCUT2D eigenvalue weighted by molar-refractivity contribution is 0.102. The van der Waals surface area contributed by atoms with Gasteiger partial charge in [0, 0.05) is 11.1 Å². The molecule has 1 aromatic rings. The van der Waals surface area contributed by atoms with Gasteiger partial charge < -0.3 is 0 Å². The molecule has 1 aromatic carbocycles. The summed E-state index contributed by atoms with van der Waals surface area (Å²) in [5.41, 5.74) is 0.981. The molecule has 0 atom stereocenters. The van der Waals surface area contributed by atoms with Crippen molar-refractivity contribution in [3.05, 3.63) is 46.8 Å². The molecule has 0 N–H and O–H groups in total. The predicted molar refractivity (Wildman–Crippen MR) is 80.1 cm³/mol. The molecule has 1 heterocycles. The summed E-state index contributed by atoms with van der Waals surface area (Å²) in [6.45, 7) is 10.5. The minimum absolute atomic E-state index is 0.0630. The zero-order chi connectivity index (χ0) is 14.3. The van der Waals surface area contributed by atoms with Gasteiger partial charge in [0.1, 0.15) is 13.6 Å². The van der Waals surface area contributed by atoms with E-state index in [0.29, 0.717) is 5.56 Å². The van der Waals surface area contributed by atoms with Gasteiger partial charge >= 0.3 is 0 Å². The monoisotopic (exact) mass is 272 g/mol. The standard InChI is InChI=1S/C15H20N2OSi/c1-15(2)12(14(16-17-15)19(3,4)5)13(18)11-9-7-6-8-10-11/h6-10H,1-5H3. The second-order valence-electron chi connectivity index (χ2n) is 6.43. The third-order valence-electron chi connectivity index (χ3n) is 3.22. The third kappa shape index (κ3) is 2.58. The number of azo groups is 1. The van der Waals surface area contributed by atoms with Crippen LogP contribution < -0.4 is 0 Å². The van der Waals surface area contributed by atoms with Crippen molar-refractivity contribution in [3.8, 4) is 0 Å². The van der Waals surface area contributed by atoms with E-state index in [1.165, 1.54) is 0 Å². The molecule has 1 aliphatic rings. The van der Waals surface area contributed by atoms with E-state index in [4.69, 9.17) is 0 Å². The fourth-order valence-corrected chi connectivity index (χ4v) is 3.73. The molecule has 1 aliphatic heterocycles. The van der Waals surface area contributed by atoms with Crippen LogP contribution in [0.2, 0.25) is 19.6 Å². The number of ketones is 1. The molecule has 0 saturated carbocycles. The maximum Gasteiger partial charge on any atom is 0.192 e. The lowest BCUT2D eigenvalue weighted by Crippen LogP contribution is -2.30. The van der Waals surface area contributed by atoms with Gasteiger partial charge in [-0.1, -0.05) is 50.0 Å². The zero-order valence-electron chi connectivity index (χ0n) is 12.2. The number of hydrogen-bond acceptors (Lipinski definition) is 3. The summed E-state index contributed by atoms with van der Waals surface area (Å²) in [5.74, 6) is 0.0630. The van der Waals surface area contributed by atoms with Gasteiger partial charge in [0.15, 0.2) is 5.78 Å². The summed E-state index contributed by atoms with van der Waals surface area (Å²) in [4.78, 5) is 12.8. The Morgan fingerprint density at radius 1 is 1.11 bits per heavy atom. The van der Waals surface area contributed by atoms with E-state index < -0.39 is 13.6 Å². The van der Waals surface area contributed by atoms with Gasteiger partial charge in [0.2, 0.25) is 0 Å².